The first-order valence-electron chi connectivity index (χ1n) is 12.0. The van der Waals surface area contributed by atoms with E-state index in [1.807, 2.05) is 0 Å². The van der Waals surface area contributed by atoms with Gasteiger partial charge in [0.15, 0.2) is 0 Å². The monoisotopic (exact) mass is 556 g/mol. The summed E-state index contributed by atoms with van der Waals surface area (Å²) in [5.41, 5.74) is 0.0770. The maximum atomic E-state index is 7.75. The number of nitrogens with zero attached hydrogens (tertiary/aromatic N) is 4. The van der Waals surface area contributed by atoms with Crippen LogP contribution in [0.2, 0.25) is 0 Å². The van der Waals surface area contributed by atoms with E-state index in [9.17, 15) is 0 Å². The molecular weight excluding hydrogens is 501 g/mol. The first-order valence-corrected chi connectivity index (χ1v) is 12.0. The Morgan fingerprint density at radius 2 is 0.848 bits per heavy atom. The zero-order chi connectivity index (χ0) is 26.4. The van der Waals surface area contributed by atoms with Crippen LogP contribution < -0.4 is 0 Å². The molecule has 2 unspecified atom stereocenters. The predicted molar refractivity (Wildman–Crippen MR) is 143 cm³/mol. The van der Waals surface area contributed by atoms with E-state index in [2.05, 4.69) is 107 Å². The van der Waals surface area contributed by atoms with Gasteiger partial charge in [0.2, 0.25) is 0 Å². The number of rotatable bonds is 12. The summed E-state index contributed by atoms with van der Waals surface area (Å²) in [7, 11) is 0. The van der Waals surface area contributed by atoms with Gasteiger partial charge >= 0.3 is 19.5 Å². The maximum absolute atomic E-state index is 7.75. The van der Waals surface area contributed by atoms with Crippen LogP contribution in [0.3, 0.4) is 0 Å². The van der Waals surface area contributed by atoms with Crippen molar-refractivity contribution in [3.63, 3.8) is 0 Å². The Balaban J connectivity index is -0.000000134. The van der Waals surface area contributed by atoms with Crippen molar-refractivity contribution in [2.45, 2.75) is 157 Å². The van der Waals surface area contributed by atoms with Crippen molar-refractivity contribution in [3.8, 4) is 0 Å². The fraction of sp³-hybridized carbons (Fsp3) is 0.923. The third-order valence-corrected chi connectivity index (χ3v) is 3.64. The second-order valence-corrected chi connectivity index (χ2v) is 10.3. The minimum absolute atomic E-state index is 0. The molecule has 0 amide bonds. The van der Waals surface area contributed by atoms with Crippen molar-refractivity contribution in [1.29, 1.82) is 0 Å². The summed E-state index contributed by atoms with van der Waals surface area (Å²) in [5, 5.41) is 18.7. The van der Waals surface area contributed by atoms with Gasteiger partial charge in [-0.2, -0.15) is 0 Å². The van der Waals surface area contributed by atoms with Crippen molar-refractivity contribution in [2.24, 2.45) is 0 Å². The van der Waals surface area contributed by atoms with Gasteiger partial charge in [0, 0.05) is 0 Å². The van der Waals surface area contributed by atoms with Crippen LogP contribution in [0.5, 0.6) is 0 Å². The second kappa shape index (κ2) is 26.4. The van der Waals surface area contributed by atoms with E-state index in [1.54, 1.807) is 0 Å². The number of unbranched alkanes of at least 4 members (excludes halogenated alkanes) is 2. The molecule has 0 aliphatic rings. The molecule has 0 aliphatic carbocycles. The normalized spacial score (nSPS) is 12.8. The molecule has 33 heavy (non-hydrogen) atoms. The Kier molecular flexibility index (Phi) is 34.3. The summed E-state index contributed by atoms with van der Waals surface area (Å²) in [4.78, 5) is 15.5. The van der Waals surface area contributed by atoms with E-state index >= 15 is 0 Å². The van der Waals surface area contributed by atoms with Gasteiger partial charge in [-0.3, -0.25) is 13.6 Å². The number of carbonyl (C=O) groups excluding carboxylic acids is 2. The first-order chi connectivity index (χ1) is 14.7. The predicted octanol–water partition coefficient (Wildman–Crippen LogP) is 8.36. The van der Waals surface area contributed by atoms with Crippen LogP contribution in [0.1, 0.15) is 122 Å². The Morgan fingerprint density at radius 3 is 1.00 bits per heavy atom. The topological polar surface area (TPSA) is 90.5 Å². The van der Waals surface area contributed by atoms with Gasteiger partial charge in [-0.1, -0.05) is 122 Å². The Hall–Kier alpha value is -0.197. The molecule has 2 atom stereocenters. The zero-order valence-corrected chi connectivity index (χ0v) is 25.4. The molecule has 0 radical (unpaired) electrons. The third-order valence-electron chi connectivity index (χ3n) is 3.64. The molecule has 7 heteroatoms. The Labute approximate surface area is 220 Å². The van der Waals surface area contributed by atoms with Crippen LogP contribution in [-0.4, -0.2) is 49.1 Å². The van der Waals surface area contributed by atoms with Crippen molar-refractivity contribution in [3.05, 3.63) is 21.3 Å². The van der Waals surface area contributed by atoms with E-state index in [0.717, 1.165) is 12.8 Å². The SMILES string of the molecule is CCCCC([N-]C(C)C)[N-]C(C)(C)C.CCCCC([N-]C(C)C)[N-]C(C)(C)C.[CH-]=O.[CH-]=O.[Ru+6]. The van der Waals surface area contributed by atoms with Crippen LogP contribution in [0.25, 0.3) is 21.3 Å². The van der Waals surface area contributed by atoms with Crippen molar-refractivity contribution >= 4 is 13.6 Å². The van der Waals surface area contributed by atoms with Gasteiger partial charge in [0.05, 0.1) is 0 Å². The van der Waals surface area contributed by atoms with Gasteiger partial charge in [-0.25, -0.2) is 12.3 Å². The van der Waals surface area contributed by atoms with E-state index in [0.29, 0.717) is 12.1 Å². The largest absolute Gasteiger partial charge is 6.00 e. The fourth-order valence-corrected chi connectivity index (χ4v) is 2.70. The number of hydrogen-bond donors (Lipinski definition) is 0. The molecule has 198 valence electrons. The minimum atomic E-state index is 0. The number of hydrogen-bond acceptors (Lipinski definition) is 2. The standard InChI is InChI=1S/2C12H26N2.2CHO.Ru/c2*1-7-8-9-11(13-10(2)3)14-12(4,5)6;2*1-2;/h2*10-11H,7-9H2,1-6H3;2*1H;/q2*-2;2*-1;+6. The van der Waals surface area contributed by atoms with Crippen molar-refractivity contribution in [2.75, 3.05) is 0 Å². The summed E-state index contributed by atoms with van der Waals surface area (Å²) in [6, 6.07) is 0.783. The van der Waals surface area contributed by atoms with Crippen molar-refractivity contribution in [1.82, 2.24) is 0 Å². The van der Waals surface area contributed by atoms with E-state index < -0.39 is 0 Å². The van der Waals surface area contributed by atoms with Crippen LogP contribution >= 0.6 is 0 Å². The summed E-state index contributed by atoms with van der Waals surface area (Å²) in [5.74, 6) is 0. The molecule has 0 N–H and O–H groups in total. The summed E-state index contributed by atoms with van der Waals surface area (Å²) >= 11 is 0. The van der Waals surface area contributed by atoms with Crippen molar-refractivity contribution < 1.29 is 29.1 Å². The van der Waals surface area contributed by atoms with Gasteiger partial charge < -0.3 is 30.9 Å². The molecule has 0 saturated heterocycles. The zero-order valence-electron chi connectivity index (χ0n) is 23.7. The van der Waals surface area contributed by atoms with Gasteiger partial charge in [0.25, 0.3) is 0 Å². The molecule has 0 aliphatic heterocycles. The summed E-state index contributed by atoms with van der Waals surface area (Å²) in [6.07, 6.45) is 7.51. The molecule has 0 spiro atoms. The van der Waals surface area contributed by atoms with E-state index in [1.165, 1.54) is 25.7 Å². The molecule has 0 aromatic carbocycles. The molecule has 0 heterocycles. The van der Waals surface area contributed by atoms with Gasteiger partial charge in [0.1, 0.15) is 0 Å². The molecule has 6 nitrogen and oxygen atoms in total. The summed E-state index contributed by atoms with van der Waals surface area (Å²) < 4.78 is 0. The van der Waals surface area contributed by atoms with Gasteiger partial charge in [-0.05, 0) is 0 Å². The molecule has 0 bridgehead atoms. The Morgan fingerprint density at radius 1 is 0.606 bits per heavy atom. The molecule has 0 rings (SSSR count). The quantitative estimate of drug-likeness (QED) is 0.137. The first kappa shape index (κ1) is 42.9. The third kappa shape index (κ3) is 42.4. The molecular formula is C26H54N4O2Ru. The second-order valence-electron chi connectivity index (χ2n) is 10.3. The average Bonchev–Trinajstić information content (AvgIpc) is 2.64. The molecule has 0 fully saturated rings. The van der Waals surface area contributed by atoms with E-state index in [4.69, 9.17) is 20.2 Å². The van der Waals surface area contributed by atoms with Crippen LogP contribution in [0, 0.1) is 0 Å². The van der Waals surface area contributed by atoms with Crippen LogP contribution in [0.4, 0.5) is 0 Å². The summed E-state index contributed by atoms with van der Waals surface area (Å²) in [6.45, 7) is 32.3. The van der Waals surface area contributed by atoms with Crippen LogP contribution in [0.15, 0.2) is 0 Å². The molecule has 0 saturated carbocycles. The smallest absolute Gasteiger partial charge is 0.676 e. The molecule has 0 aromatic rings. The van der Waals surface area contributed by atoms with Crippen LogP contribution in [-0.2, 0) is 29.1 Å². The minimum Gasteiger partial charge on any atom is -0.676 e. The average molecular weight is 556 g/mol. The molecule has 0 aromatic heterocycles. The van der Waals surface area contributed by atoms with Gasteiger partial charge in [-0.15, -0.1) is 23.2 Å². The fourth-order valence-electron chi connectivity index (χ4n) is 2.70. The maximum Gasteiger partial charge on any atom is 6.00 e. The van der Waals surface area contributed by atoms with E-state index in [-0.39, 0.29) is 42.9 Å². The Bertz CT molecular complexity index is 347.